The summed E-state index contributed by atoms with van der Waals surface area (Å²) in [6.45, 7) is 1.80. The molecule has 0 amide bonds. The van der Waals surface area contributed by atoms with Crippen LogP contribution in [0.2, 0.25) is 5.02 Å². The summed E-state index contributed by atoms with van der Waals surface area (Å²) in [4.78, 5) is 27.6. The summed E-state index contributed by atoms with van der Waals surface area (Å²) in [5.41, 5.74) is 2.15. The number of carbonyl (C=O) groups excluding carboxylic acids is 2. The second kappa shape index (κ2) is 9.48. The van der Waals surface area contributed by atoms with Gasteiger partial charge < -0.3 is 9.47 Å². The van der Waals surface area contributed by atoms with Crippen molar-refractivity contribution >= 4 is 34.7 Å². The average Bonchev–Trinajstić information content (AvgIpc) is 3.16. The van der Waals surface area contributed by atoms with Gasteiger partial charge in [0.2, 0.25) is 0 Å². The highest BCUT2D eigenvalue weighted by atomic mass is 35.5. The molecule has 2 aromatic carbocycles. The molecule has 5 nitrogen and oxygen atoms in total. The van der Waals surface area contributed by atoms with Gasteiger partial charge in [-0.3, -0.25) is 9.59 Å². The number of Topliss-reactive ketones (excluding diaryl/α,β-unsaturated/α-hetero) is 1. The standard InChI is InChI=1S/C21H18ClNO4S/c1-14(24)15-6-8-17(9-7-15)26-11-10-20(25)27-12-16-13-28-21(23-16)18-4-2-3-5-19(18)22/h2-9,13H,10-12H2,1H3. The van der Waals surface area contributed by atoms with E-state index in [0.29, 0.717) is 22.0 Å². The van der Waals surface area contributed by atoms with Crippen LogP contribution in [0.1, 0.15) is 29.4 Å². The van der Waals surface area contributed by atoms with E-state index in [1.54, 1.807) is 24.3 Å². The predicted octanol–water partition coefficient (Wildman–Crippen LogP) is 5.18. The molecule has 0 fully saturated rings. The fourth-order valence-electron chi connectivity index (χ4n) is 2.40. The number of hydrogen-bond donors (Lipinski definition) is 0. The summed E-state index contributed by atoms with van der Waals surface area (Å²) in [6.07, 6.45) is 0.121. The smallest absolute Gasteiger partial charge is 0.309 e. The maximum Gasteiger partial charge on any atom is 0.309 e. The number of benzene rings is 2. The first-order valence-corrected chi connectivity index (χ1v) is 9.87. The molecule has 1 aromatic heterocycles. The van der Waals surface area contributed by atoms with Gasteiger partial charge in [-0.2, -0.15) is 0 Å². The van der Waals surface area contributed by atoms with Crippen LogP contribution in [0, 0.1) is 0 Å². The number of thiazole rings is 1. The van der Waals surface area contributed by atoms with Crippen LogP contribution < -0.4 is 4.74 Å². The van der Waals surface area contributed by atoms with Crippen LogP contribution in [-0.2, 0) is 16.1 Å². The van der Waals surface area contributed by atoms with Crippen LogP contribution >= 0.6 is 22.9 Å². The normalized spacial score (nSPS) is 10.5. The number of halogens is 1. The molecule has 0 bridgehead atoms. The summed E-state index contributed by atoms with van der Waals surface area (Å²) in [6, 6.07) is 14.3. The Balaban J connectivity index is 1.43. The van der Waals surface area contributed by atoms with E-state index in [9.17, 15) is 9.59 Å². The number of rotatable bonds is 8. The molecule has 3 aromatic rings. The van der Waals surface area contributed by atoms with E-state index < -0.39 is 0 Å². The number of esters is 1. The van der Waals surface area contributed by atoms with Crippen molar-refractivity contribution in [3.05, 3.63) is 70.2 Å². The molecule has 1 heterocycles. The van der Waals surface area contributed by atoms with Crippen molar-refractivity contribution in [3.8, 4) is 16.3 Å². The number of carbonyl (C=O) groups is 2. The minimum Gasteiger partial charge on any atom is -0.493 e. The Labute approximate surface area is 171 Å². The van der Waals surface area contributed by atoms with Gasteiger partial charge in [-0.05, 0) is 37.3 Å². The van der Waals surface area contributed by atoms with Crippen LogP contribution in [0.5, 0.6) is 5.75 Å². The Morgan fingerprint density at radius 3 is 2.57 bits per heavy atom. The van der Waals surface area contributed by atoms with E-state index in [2.05, 4.69) is 4.98 Å². The Kier molecular flexibility index (Phi) is 6.79. The van der Waals surface area contributed by atoms with Crippen molar-refractivity contribution in [2.75, 3.05) is 6.61 Å². The van der Waals surface area contributed by atoms with Crippen molar-refractivity contribution in [1.82, 2.24) is 4.98 Å². The lowest BCUT2D eigenvalue weighted by Gasteiger charge is -2.07. The Bertz CT molecular complexity index is 969. The third kappa shape index (κ3) is 5.41. The number of ether oxygens (including phenoxy) is 2. The molecule has 0 aliphatic rings. The molecule has 0 aliphatic carbocycles. The lowest BCUT2D eigenvalue weighted by molar-refractivity contribution is -0.145. The van der Waals surface area contributed by atoms with Crippen molar-refractivity contribution in [2.45, 2.75) is 20.0 Å². The highest BCUT2D eigenvalue weighted by Crippen LogP contribution is 2.30. The molecule has 0 saturated heterocycles. The van der Waals surface area contributed by atoms with Gasteiger partial charge in [0.15, 0.2) is 5.78 Å². The summed E-state index contributed by atoms with van der Waals surface area (Å²) in [5.74, 6) is 0.226. The monoisotopic (exact) mass is 415 g/mol. The molecule has 0 N–H and O–H groups in total. The highest BCUT2D eigenvalue weighted by Gasteiger charge is 2.10. The van der Waals surface area contributed by atoms with Gasteiger partial charge in [0.05, 0.1) is 23.7 Å². The molecule has 3 rings (SSSR count). The zero-order valence-corrected chi connectivity index (χ0v) is 16.8. The third-order valence-electron chi connectivity index (χ3n) is 3.87. The lowest BCUT2D eigenvalue weighted by atomic mass is 10.1. The Morgan fingerprint density at radius 2 is 1.86 bits per heavy atom. The first kappa shape index (κ1) is 20.0. The zero-order valence-electron chi connectivity index (χ0n) is 15.2. The van der Waals surface area contributed by atoms with Crippen molar-refractivity contribution < 1.29 is 19.1 Å². The maximum absolute atomic E-state index is 11.9. The lowest BCUT2D eigenvalue weighted by Crippen LogP contribution is -2.10. The predicted molar refractivity (Wildman–Crippen MR) is 109 cm³/mol. The molecule has 0 aliphatic heterocycles. The molecule has 28 heavy (non-hydrogen) atoms. The summed E-state index contributed by atoms with van der Waals surface area (Å²) < 4.78 is 10.7. The minimum atomic E-state index is -0.368. The molecule has 0 spiro atoms. The first-order chi connectivity index (χ1) is 13.5. The number of aromatic nitrogens is 1. The Hall–Kier alpha value is -2.70. The van der Waals surface area contributed by atoms with E-state index in [-0.39, 0.29) is 31.4 Å². The molecule has 0 atom stereocenters. The van der Waals surface area contributed by atoms with E-state index in [4.69, 9.17) is 21.1 Å². The summed E-state index contributed by atoms with van der Waals surface area (Å²) in [5, 5.41) is 3.27. The molecule has 0 unspecified atom stereocenters. The van der Waals surface area contributed by atoms with E-state index in [1.807, 2.05) is 29.6 Å². The van der Waals surface area contributed by atoms with Crippen LogP contribution in [-0.4, -0.2) is 23.3 Å². The van der Waals surface area contributed by atoms with Gasteiger partial charge in [0, 0.05) is 16.5 Å². The van der Waals surface area contributed by atoms with Gasteiger partial charge in [-0.25, -0.2) is 4.98 Å². The molecule has 144 valence electrons. The molecular weight excluding hydrogens is 398 g/mol. The summed E-state index contributed by atoms with van der Waals surface area (Å²) in [7, 11) is 0. The largest absolute Gasteiger partial charge is 0.493 e. The van der Waals surface area contributed by atoms with Crippen LogP contribution in [0.3, 0.4) is 0 Å². The number of ketones is 1. The summed E-state index contributed by atoms with van der Waals surface area (Å²) >= 11 is 7.63. The van der Waals surface area contributed by atoms with Crippen molar-refractivity contribution in [2.24, 2.45) is 0 Å². The average molecular weight is 416 g/mol. The van der Waals surface area contributed by atoms with Gasteiger partial charge >= 0.3 is 5.97 Å². The van der Waals surface area contributed by atoms with E-state index in [1.165, 1.54) is 18.3 Å². The van der Waals surface area contributed by atoms with Crippen LogP contribution in [0.25, 0.3) is 10.6 Å². The number of hydrogen-bond acceptors (Lipinski definition) is 6. The van der Waals surface area contributed by atoms with Crippen LogP contribution in [0.15, 0.2) is 53.9 Å². The van der Waals surface area contributed by atoms with E-state index in [0.717, 1.165) is 10.6 Å². The van der Waals surface area contributed by atoms with Gasteiger partial charge in [0.25, 0.3) is 0 Å². The highest BCUT2D eigenvalue weighted by molar-refractivity contribution is 7.13. The van der Waals surface area contributed by atoms with Crippen molar-refractivity contribution in [1.29, 1.82) is 0 Å². The topological polar surface area (TPSA) is 65.5 Å². The van der Waals surface area contributed by atoms with Gasteiger partial charge in [0.1, 0.15) is 17.4 Å². The fourth-order valence-corrected chi connectivity index (χ4v) is 3.52. The molecule has 0 saturated carbocycles. The quantitative estimate of drug-likeness (QED) is 0.374. The van der Waals surface area contributed by atoms with Gasteiger partial charge in [-0.1, -0.05) is 29.8 Å². The SMILES string of the molecule is CC(=O)c1ccc(OCCC(=O)OCc2csc(-c3ccccc3Cl)n2)cc1. The first-order valence-electron chi connectivity index (χ1n) is 8.61. The maximum atomic E-state index is 11.9. The third-order valence-corrected chi connectivity index (χ3v) is 5.13. The van der Waals surface area contributed by atoms with E-state index >= 15 is 0 Å². The Morgan fingerprint density at radius 1 is 1.11 bits per heavy atom. The zero-order chi connectivity index (χ0) is 19.9. The second-order valence-electron chi connectivity index (χ2n) is 5.96. The number of nitrogens with zero attached hydrogens (tertiary/aromatic N) is 1. The molecule has 7 heteroatoms. The molecule has 0 radical (unpaired) electrons. The van der Waals surface area contributed by atoms with Crippen molar-refractivity contribution in [3.63, 3.8) is 0 Å². The fraction of sp³-hybridized carbons (Fsp3) is 0.190. The second-order valence-corrected chi connectivity index (χ2v) is 7.23. The van der Waals surface area contributed by atoms with Crippen LogP contribution in [0.4, 0.5) is 0 Å². The van der Waals surface area contributed by atoms with Gasteiger partial charge in [-0.15, -0.1) is 11.3 Å². The minimum absolute atomic E-state index is 0.00476. The molecular formula is C21H18ClNO4S.